The molecule has 0 bridgehead atoms. The van der Waals surface area contributed by atoms with Gasteiger partial charge in [-0.1, -0.05) is 55.5 Å². The molecule has 52 heavy (non-hydrogen) atoms. The van der Waals surface area contributed by atoms with Crippen LogP contribution in [0.25, 0.3) is 10.9 Å². The van der Waals surface area contributed by atoms with E-state index in [4.69, 9.17) is 9.47 Å². The predicted octanol–water partition coefficient (Wildman–Crippen LogP) is 6.21. The summed E-state index contributed by atoms with van der Waals surface area (Å²) in [4.78, 5) is 59.9. The first-order valence-electron chi connectivity index (χ1n) is 17.7. The van der Waals surface area contributed by atoms with Gasteiger partial charge in [-0.05, 0) is 74.6 Å². The number of ether oxygens (including phenoxy) is 2. The highest BCUT2D eigenvalue weighted by molar-refractivity contribution is 5.92. The van der Waals surface area contributed by atoms with Gasteiger partial charge in [0.15, 0.2) is 0 Å². The molecule has 2 atom stereocenters. The molecule has 1 fully saturated rings. The molecule has 4 amide bonds. The molecule has 2 aliphatic heterocycles. The molecule has 274 valence electrons. The highest BCUT2D eigenvalue weighted by Gasteiger charge is 2.48. The largest absolute Gasteiger partial charge is 0.444 e. The van der Waals surface area contributed by atoms with Gasteiger partial charge < -0.3 is 30.0 Å². The van der Waals surface area contributed by atoms with Gasteiger partial charge in [0.1, 0.15) is 24.1 Å². The monoisotopic (exact) mass is 711 g/mol. The Labute approximate surface area is 302 Å². The van der Waals surface area contributed by atoms with Gasteiger partial charge in [-0.15, -0.1) is 0 Å². The molecule has 1 aromatic heterocycles. The fourth-order valence-electron chi connectivity index (χ4n) is 7.08. The Morgan fingerprint density at radius 1 is 0.981 bits per heavy atom. The number of carbonyl (C=O) groups is 4. The standard InChI is InChI=1S/C40H46FN5O6/c1-26(22-43-37(49)52-39(2,3)4)35(47)44-33(20-28-23-42-32-13-9-8-12-30(28)32)36(48)45-18-16-40(17-19-45)25-46(34-15-14-29(41)21-31(34)40)38(50)51-24-27-10-6-5-7-11-27/h5-15,21,23,26,33,42H,16-20,22,24-25H2,1-4H3,(H,43,49)(H,44,47)/t26?,33-/m1/s1. The number of alkyl carbamates (subject to hydrolysis) is 1. The first-order chi connectivity index (χ1) is 24.8. The van der Waals surface area contributed by atoms with Crippen LogP contribution in [0.5, 0.6) is 0 Å². The maximum atomic E-state index is 14.7. The Kier molecular flexibility index (Phi) is 10.5. The van der Waals surface area contributed by atoms with E-state index in [-0.39, 0.29) is 31.4 Å². The van der Waals surface area contributed by atoms with Crippen molar-refractivity contribution < 1.29 is 33.0 Å². The van der Waals surface area contributed by atoms with Crippen molar-refractivity contribution in [3.8, 4) is 0 Å². The highest BCUT2D eigenvalue weighted by atomic mass is 19.1. The average Bonchev–Trinajstić information content (AvgIpc) is 3.67. The molecule has 3 aromatic carbocycles. The van der Waals surface area contributed by atoms with Gasteiger partial charge in [0.05, 0.1) is 11.6 Å². The number of halogens is 1. The second-order valence-corrected chi connectivity index (χ2v) is 14.8. The Hall–Kier alpha value is -5.39. The molecule has 1 saturated heterocycles. The molecule has 11 nitrogen and oxygen atoms in total. The van der Waals surface area contributed by atoms with Crippen molar-refractivity contribution in [1.29, 1.82) is 0 Å². The van der Waals surface area contributed by atoms with E-state index in [0.717, 1.165) is 27.6 Å². The van der Waals surface area contributed by atoms with E-state index in [1.165, 1.54) is 12.1 Å². The minimum absolute atomic E-state index is 0.0290. The summed E-state index contributed by atoms with van der Waals surface area (Å²) < 4.78 is 25.7. The lowest BCUT2D eigenvalue weighted by atomic mass is 9.74. The number of rotatable bonds is 9. The van der Waals surface area contributed by atoms with Crippen LogP contribution in [0.3, 0.4) is 0 Å². The van der Waals surface area contributed by atoms with Gasteiger partial charge in [-0.2, -0.15) is 0 Å². The molecular weight excluding hydrogens is 665 g/mol. The van der Waals surface area contributed by atoms with Gasteiger partial charge in [0.2, 0.25) is 11.8 Å². The quantitative estimate of drug-likeness (QED) is 0.189. The zero-order valence-electron chi connectivity index (χ0n) is 30.0. The summed E-state index contributed by atoms with van der Waals surface area (Å²) in [5.74, 6) is -1.66. The van der Waals surface area contributed by atoms with E-state index in [9.17, 15) is 23.6 Å². The summed E-state index contributed by atoms with van der Waals surface area (Å²) in [6.45, 7) is 8.09. The van der Waals surface area contributed by atoms with E-state index in [1.807, 2.05) is 60.8 Å². The van der Waals surface area contributed by atoms with Gasteiger partial charge in [0, 0.05) is 55.1 Å². The number of fused-ring (bicyclic) bond motifs is 3. The number of amides is 4. The number of aromatic amines is 1. The number of piperidine rings is 1. The van der Waals surface area contributed by atoms with Crippen LogP contribution >= 0.6 is 0 Å². The van der Waals surface area contributed by atoms with Gasteiger partial charge in [-0.25, -0.2) is 14.0 Å². The molecule has 0 radical (unpaired) electrons. The summed E-state index contributed by atoms with van der Waals surface area (Å²) in [7, 11) is 0. The van der Waals surface area contributed by atoms with Crippen LogP contribution in [0.15, 0.2) is 79.0 Å². The third-order valence-electron chi connectivity index (χ3n) is 9.85. The van der Waals surface area contributed by atoms with Gasteiger partial charge in [0.25, 0.3) is 0 Å². The molecule has 4 aromatic rings. The summed E-state index contributed by atoms with van der Waals surface area (Å²) in [6.07, 6.45) is 1.94. The zero-order valence-corrected chi connectivity index (χ0v) is 30.0. The molecule has 3 heterocycles. The number of aromatic nitrogens is 1. The Morgan fingerprint density at radius 2 is 1.69 bits per heavy atom. The van der Waals surface area contributed by atoms with E-state index in [0.29, 0.717) is 38.2 Å². The molecule has 0 aliphatic carbocycles. The number of hydrogen-bond acceptors (Lipinski definition) is 6. The number of carbonyl (C=O) groups excluding carboxylic acids is 4. The van der Waals surface area contributed by atoms with Crippen LogP contribution in [0, 0.1) is 11.7 Å². The number of nitrogens with one attached hydrogen (secondary N) is 3. The third-order valence-corrected chi connectivity index (χ3v) is 9.85. The third kappa shape index (κ3) is 8.22. The first kappa shape index (κ1) is 36.4. The summed E-state index contributed by atoms with van der Waals surface area (Å²) in [5, 5.41) is 6.56. The molecule has 12 heteroatoms. The van der Waals surface area contributed by atoms with Crippen molar-refractivity contribution in [2.24, 2.45) is 5.92 Å². The van der Waals surface area contributed by atoms with Gasteiger partial charge >= 0.3 is 12.2 Å². The normalized spacial score (nSPS) is 16.2. The highest BCUT2D eigenvalue weighted by Crippen LogP contribution is 2.47. The van der Waals surface area contributed by atoms with E-state index in [2.05, 4.69) is 15.6 Å². The van der Waals surface area contributed by atoms with E-state index in [1.54, 1.807) is 43.6 Å². The maximum absolute atomic E-state index is 14.7. The molecule has 1 unspecified atom stereocenters. The first-order valence-corrected chi connectivity index (χ1v) is 17.7. The van der Waals surface area contributed by atoms with Crippen molar-refractivity contribution in [2.45, 2.75) is 70.6 Å². The Bertz CT molecular complexity index is 1930. The molecule has 6 rings (SSSR count). The summed E-state index contributed by atoms with van der Waals surface area (Å²) in [5.41, 5.74) is 2.74. The van der Waals surface area contributed by atoms with Crippen LogP contribution < -0.4 is 15.5 Å². The Balaban J connectivity index is 1.16. The molecule has 3 N–H and O–H groups in total. The second-order valence-electron chi connectivity index (χ2n) is 14.8. The lowest BCUT2D eigenvalue weighted by Gasteiger charge is -2.41. The number of nitrogens with zero attached hydrogens (tertiary/aromatic N) is 2. The fraction of sp³-hybridized carbons (Fsp3) is 0.400. The molecule has 2 aliphatic rings. The molecular formula is C40H46FN5O6. The number of likely N-dealkylation sites (tertiary alicyclic amines) is 1. The van der Waals surface area contributed by atoms with E-state index >= 15 is 0 Å². The number of benzene rings is 3. The van der Waals surface area contributed by atoms with Crippen molar-refractivity contribution >= 4 is 40.6 Å². The van der Waals surface area contributed by atoms with Crippen LogP contribution in [-0.4, -0.2) is 71.7 Å². The number of hydrogen-bond donors (Lipinski definition) is 3. The van der Waals surface area contributed by atoms with Crippen LogP contribution in [0.2, 0.25) is 0 Å². The van der Waals surface area contributed by atoms with E-state index < -0.39 is 41.0 Å². The number of anilines is 1. The minimum atomic E-state index is -0.887. The summed E-state index contributed by atoms with van der Waals surface area (Å²) in [6, 6.07) is 20.7. The second kappa shape index (κ2) is 15.1. The molecule has 0 saturated carbocycles. The lowest BCUT2D eigenvalue weighted by molar-refractivity contribution is -0.138. The topological polar surface area (TPSA) is 133 Å². The number of H-pyrrole nitrogens is 1. The average molecular weight is 712 g/mol. The van der Waals surface area contributed by atoms with Crippen LogP contribution in [-0.2, 0) is 37.5 Å². The smallest absolute Gasteiger partial charge is 0.414 e. The van der Waals surface area contributed by atoms with Gasteiger partial charge in [-0.3, -0.25) is 14.5 Å². The minimum Gasteiger partial charge on any atom is -0.444 e. The Morgan fingerprint density at radius 3 is 2.42 bits per heavy atom. The van der Waals surface area contributed by atoms with Crippen molar-refractivity contribution in [2.75, 3.05) is 31.1 Å². The zero-order chi connectivity index (χ0) is 37.0. The van der Waals surface area contributed by atoms with Crippen LogP contribution in [0.4, 0.5) is 19.7 Å². The number of para-hydroxylation sites is 1. The lowest BCUT2D eigenvalue weighted by Crippen LogP contribution is -2.55. The maximum Gasteiger partial charge on any atom is 0.414 e. The van der Waals surface area contributed by atoms with Crippen LogP contribution in [0.1, 0.15) is 57.2 Å². The fourth-order valence-corrected chi connectivity index (χ4v) is 7.08. The predicted molar refractivity (Wildman–Crippen MR) is 195 cm³/mol. The van der Waals surface area contributed by atoms with Crippen molar-refractivity contribution in [3.05, 3.63) is 102 Å². The van der Waals surface area contributed by atoms with Crippen molar-refractivity contribution in [1.82, 2.24) is 20.5 Å². The SMILES string of the molecule is CC(CNC(=O)OC(C)(C)C)C(=O)N[C@H](Cc1c[nH]c2ccccc12)C(=O)N1CCC2(CC1)CN(C(=O)OCc1ccccc1)c1ccc(F)cc12. The van der Waals surface area contributed by atoms with Crippen molar-refractivity contribution in [3.63, 3.8) is 0 Å². The molecule has 1 spiro atoms. The summed E-state index contributed by atoms with van der Waals surface area (Å²) >= 11 is 0.